The number of hydrogen-bond acceptors (Lipinski definition) is 5. The zero-order valence-electron chi connectivity index (χ0n) is 20.9. The van der Waals surface area contributed by atoms with Gasteiger partial charge in [0, 0.05) is 23.8 Å². The Balaban J connectivity index is 1.39. The molecule has 0 unspecified atom stereocenters. The highest BCUT2D eigenvalue weighted by Crippen LogP contribution is 2.27. The lowest BCUT2D eigenvalue weighted by atomic mass is 10.1. The third kappa shape index (κ3) is 5.00. The Bertz CT molecular complexity index is 1400. The van der Waals surface area contributed by atoms with Gasteiger partial charge in [0.25, 0.3) is 5.91 Å². The maximum Gasteiger partial charge on any atom is 0.256 e. The molecule has 1 saturated carbocycles. The van der Waals surface area contributed by atoms with Gasteiger partial charge < -0.3 is 10.6 Å². The van der Waals surface area contributed by atoms with Gasteiger partial charge in [-0.3, -0.25) is 14.3 Å². The molecule has 186 valence electrons. The van der Waals surface area contributed by atoms with Crippen LogP contribution >= 0.6 is 0 Å². The van der Waals surface area contributed by atoms with E-state index in [9.17, 15) is 9.59 Å². The van der Waals surface area contributed by atoms with Crippen molar-refractivity contribution in [3.8, 4) is 11.3 Å². The van der Waals surface area contributed by atoms with Crippen LogP contribution in [0.4, 0.5) is 5.69 Å². The van der Waals surface area contributed by atoms with Crippen LogP contribution in [0.5, 0.6) is 0 Å². The van der Waals surface area contributed by atoms with E-state index in [0.29, 0.717) is 28.0 Å². The van der Waals surface area contributed by atoms with Gasteiger partial charge >= 0.3 is 0 Å². The average molecular weight is 486 g/mol. The monoisotopic (exact) mass is 485 g/mol. The van der Waals surface area contributed by atoms with Crippen LogP contribution in [0.2, 0.25) is 0 Å². The fourth-order valence-electron chi connectivity index (χ4n) is 4.66. The van der Waals surface area contributed by atoms with Gasteiger partial charge in [-0.15, -0.1) is 0 Å². The molecule has 1 fully saturated rings. The summed E-state index contributed by atoms with van der Waals surface area (Å²) in [6, 6.07) is 10.2. The van der Waals surface area contributed by atoms with Crippen molar-refractivity contribution in [3.63, 3.8) is 0 Å². The van der Waals surface area contributed by atoms with Crippen molar-refractivity contribution in [1.82, 2.24) is 29.9 Å². The highest BCUT2D eigenvalue weighted by molar-refractivity contribution is 6.12. The number of fused-ring (bicyclic) bond motifs is 1. The summed E-state index contributed by atoms with van der Waals surface area (Å²) in [6.45, 7) is 6.21. The number of aryl methyl sites for hydroxylation is 1. The third-order valence-corrected chi connectivity index (χ3v) is 6.56. The topological polar surface area (TPSA) is 107 Å². The molecule has 0 atom stereocenters. The van der Waals surface area contributed by atoms with Crippen LogP contribution in [0.15, 0.2) is 48.9 Å². The van der Waals surface area contributed by atoms with Crippen LogP contribution < -0.4 is 10.6 Å². The molecule has 5 rings (SSSR count). The van der Waals surface area contributed by atoms with Crippen LogP contribution in [-0.4, -0.2) is 42.4 Å². The zero-order valence-corrected chi connectivity index (χ0v) is 20.9. The first-order chi connectivity index (χ1) is 17.4. The largest absolute Gasteiger partial charge is 0.352 e. The molecular weight excluding hydrogens is 454 g/mol. The fourth-order valence-corrected chi connectivity index (χ4v) is 4.66. The summed E-state index contributed by atoms with van der Waals surface area (Å²) >= 11 is 0. The van der Waals surface area contributed by atoms with E-state index in [1.54, 1.807) is 24.7 Å². The van der Waals surface area contributed by atoms with Crippen LogP contribution in [0.1, 0.15) is 61.5 Å². The van der Waals surface area contributed by atoms with E-state index in [2.05, 4.69) is 20.8 Å². The lowest BCUT2D eigenvalue weighted by Gasteiger charge is -2.11. The molecule has 0 saturated heterocycles. The van der Waals surface area contributed by atoms with Gasteiger partial charge in [0.05, 0.1) is 34.7 Å². The Hall–Kier alpha value is -4.01. The minimum atomic E-state index is -0.283. The molecular formula is C27H31N7O2. The van der Waals surface area contributed by atoms with Crippen LogP contribution in [-0.2, 0) is 11.3 Å². The fraction of sp³-hybridized carbons (Fsp3) is 0.370. The molecule has 36 heavy (non-hydrogen) atoms. The van der Waals surface area contributed by atoms with Crippen LogP contribution in [0.25, 0.3) is 22.3 Å². The minimum Gasteiger partial charge on any atom is -0.352 e. The van der Waals surface area contributed by atoms with Gasteiger partial charge in [0.15, 0.2) is 5.65 Å². The number of pyridine rings is 1. The SMILES string of the molecule is Cc1ccc(-c2cc(C(=O)Nc3cnn(CC(=O)NC4CCCC4)c3)c3cnn(C(C)C)c3n2)cc1. The Labute approximate surface area is 209 Å². The van der Waals surface area contributed by atoms with E-state index in [4.69, 9.17) is 4.98 Å². The number of hydrogen-bond donors (Lipinski definition) is 2. The van der Waals surface area contributed by atoms with Gasteiger partial charge in [-0.1, -0.05) is 42.7 Å². The van der Waals surface area contributed by atoms with Crippen molar-refractivity contribution in [2.45, 2.75) is 65.1 Å². The Morgan fingerprint density at radius 3 is 2.56 bits per heavy atom. The minimum absolute atomic E-state index is 0.0671. The maximum atomic E-state index is 13.4. The summed E-state index contributed by atoms with van der Waals surface area (Å²) < 4.78 is 3.36. The van der Waals surface area contributed by atoms with Gasteiger partial charge in [0.2, 0.25) is 5.91 Å². The van der Waals surface area contributed by atoms with Crippen molar-refractivity contribution < 1.29 is 9.59 Å². The molecule has 4 aromatic rings. The Kier molecular flexibility index (Phi) is 6.54. The number of rotatable bonds is 7. The number of amides is 2. The molecule has 9 nitrogen and oxygen atoms in total. The maximum absolute atomic E-state index is 13.4. The molecule has 1 aromatic carbocycles. The lowest BCUT2D eigenvalue weighted by Crippen LogP contribution is -2.35. The summed E-state index contributed by atoms with van der Waals surface area (Å²) in [4.78, 5) is 30.6. The van der Waals surface area contributed by atoms with Crippen LogP contribution in [0, 0.1) is 6.92 Å². The summed E-state index contributed by atoms with van der Waals surface area (Å²) in [5, 5.41) is 15.4. The van der Waals surface area contributed by atoms with Gasteiger partial charge in [-0.25, -0.2) is 9.67 Å². The molecule has 3 aromatic heterocycles. The van der Waals surface area contributed by atoms with E-state index in [-0.39, 0.29) is 30.4 Å². The second-order valence-electron chi connectivity index (χ2n) is 9.77. The molecule has 1 aliphatic rings. The number of carbonyl (C=O) groups is 2. The predicted octanol–water partition coefficient (Wildman–Crippen LogP) is 4.50. The normalized spacial score (nSPS) is 14.0. The van der Waals surface area contributed by atoms with E-state index < -0.39 is 0 Å². The molecule has 0 bridgehead atoms. The molecule has 2 amide bonds. The second-order valence-corrected chi connectivity index (χ2v) is 9.77. The number of aromatic nitrogens is 5. The quantitative estimate of drug-likeness (QED) is 0.401. The molecule has 0 aliphatic heterocycles. The number of anilines is 1. The summed E-state index contributed by atoms with van der Waals surface area (Å²) in [5.41, 5.74) is 4.44. The van der Waals surface area contributed by atoms with E-state index in [1.165, 1.54) is 4.68 Å². The van der Waals surface area contributed by atoms with Crippen molar-refractivity contribution in [3.05, 3.63) is 60.0 Å². The summed E-state index contributed by atoms with van der Waals surface area (Å²) in [6.07, 6.45) is 9.29. The third-order valence-electron chi connectivity index (χ3n) is 6.56. The van der Waals surface area contributed by atoms with Gasteiger partial charge in [-0.2, -0.15) is 10.2 Å². The van der Waals surface area contributed by atoms with E-state index >= 15 is 0 Å². The number of nitrogens with one attached hydrogen (secondary N) is 2. The first-order valence-corrected chi connectivity index (χ1v) is 12.5. The van der Waals surface area contributed by atoms with E-state index in [1.807, 2.05) is 49.7 Å². The van der Waals surface area contributed by atoms with Crippen molar-refractivity contribution in [2.24, 2.45) is 0 Å². The zero-order chi connectivity index (χ0) is 25.2. The van der Waals surface area contributed by atoms with Crippen molar-refractivity contribution in [1.29, 1.82) is 0 Å². The molecule has 0 radical (unpaired) electrons. The smallest absolute Gasteiger partial charge is 0.256 e. The number of nitrogens with zero attached hydrogens (tertiary/aromatic N) is 5. The van der Waals surface area contributed by atoms with Gasteiger partial charge in [0.1, 0.15) is 6.54 Å². The van der Waals surface area contributed by atoms with Crippen molar-refractivity contribution >= 4 is 28.5 Å². The molecule has 9 heteroatoms. The Morgan fingerprint density at radius 1 is 1.08 bits per heavy atom. The van der Waals surface area contributed by atoms with Gasteiger partial charge in [-0.05, 0) is 39.7 Å². The van der Waals surface area contributed by atoms with Crippen LogP contribution in [0.3, 0.4) is 0 Å². The first kappa shape index (κ1) is 23.7. The predicted molar refractivity (Wildman–Crippen MR) is 139 cm³/mol. The molecule has 2 N–H and O–H groups in total. The molecule has 1 aliphatic carbocycles. The van der Waals surface area contributed by atoms with Crippen molar-refractivity contribution in [2.75, 3.05) is 5.32 Å². The standard InChI is InChI=1S/C27H31N7O2/c1-17(2)34-26-23(14-29-34)22(12-24(32-26)19-10-8-18(3)9-11-19)27(36)31-21-13-28-33(15-21)16-25(35)30-20-6-4-5-7-20/h8-15,17,20H,4-7,16H2,1-3H3,(H,30,35)(H,31,36). The summed E-state index contributed by atoms with van der Waals surface area (Å²) in [5.74, 6) is -0.350. The molecule has 3 heterocycles. The first-order valence-electron chi connectivity index (χ1n) is 12.5. The highest BCUT2D eigenvalue weighted by Gasteiger charge is 2.20. The van der Waals surface area contributed by atoms with E-state index in [0.717, 1.165) is 36.8 Å². The highest BCUT2D eigenvalue weighted by atomic mass is 16.2. The molecule has 0 spiro atoms. The Morgan fingerprint density at radius 2 is 1.83 bits per heavy atom. The number of benzene rings is 1. The second kappa shape index (κ2) is 9.93. The summed E-state index contributed by atoms with van der Waals surface area (Å²) in [7, 11) is 0. The number of carbonyl (C=O) groups excluding carboxylic acids is 2. The average Bonchev–Trinajstić information content (AvgIpc) is 3.60. The lowest BCUT2D eigenvalue weighted by molar-refractivity contribution is -0.122.